The number of hydrogen-bond donors (Lipinski definition) is 1. The summed E-state index contributed by atoms with van der Waals surface area (Å²) in [5.41, 5.74) is 1.79. The molecule has 3 heterocycles. The Morgan fingerprint density at radius 1 is 1.33 bits per heavy atom. The van der Waals surface area contributed by atoms with Gasteiger partial charge in [0.2, 0.25) is 10.9 Å². The first kappa shape index (κ1) is 17.0. The molecule has 0 saturated carbocycles. The van der Waals surface area contributed by atoms with Crippen molar-refractivity contribution in [2.24, 2.45) is 0 Å². The number of nitrogens with zero attached hydrogens (tertiary/aromatic N) is 5. The number of carbonyl (C=O) groups is 1. The second-order valence-electron chi connectivity index (χ2n) is 5.39. The molecule has 1 N–H and O–H groups in total. The van der Waals surface area contributed by atoms with Crippen LogP contribution in [0.3, 0.4) is 0 Å². The normalized spacial score (nSPS) is 10.9. The molecule has 8 nitrogen and oxygen atoms in total. The van der Waals surface area contributed by atoms with E-state index < -0.39 is 5.97 Å². The van der Waals surface area contributed by atoms with E-state index in [2.05, 4.69) is 25.4 Å². The van der Waals surface area contributed by atoms with Crippen molar-refractivity contribution in [2.75, 3.05) is 11.9 Å². The molecule has 0 bridgehead atoms. The van der Waals surface area contributed by atoms with E-state index in [0.717, 1.165) is 11.3 Å². The van der Waals surface area contributed by atoms with E-state index in [4.69, 9.17) is 4.74 Å². The van der Waals surface area contributed by atoms with Crippen LogP contribution < -0.4 is 5.32 Å². The molecule has 10 heteroatoms. The average molecular weight is 384 g/mol. The van der Waals surface area contributed by atoms with Gasteiger partial charge in [0.25, 0.3) is 0 Å². The number of anilines is 2. The highest BCUT2D eigenvalue weighted by molar-refractivity contribution is 7.15. The zero-order chi connectivity index (χ0) is 18.8. The Bertz CT molecular complexity index is 1110. The van der Waals surface area contributed by atoms with E-state index in [0.29, 0.717) is 4.96 Å². The Labute approximate surface area is 156 Å². The number of carbonyl (C=O) groups excluding carboxylic acids is 1. The van der Waals surface area contributed by atoms with Gasteiger partial charge in [-0.1, -0.05) is 0 Å². The number of nitrogens with one attached hydrogen (secondary N) is 1. The van der Waals surface area contributed by atoms with Crippen LogP contribution in [-0.2, 0) is 4.74 Å². The van der Waals surface area contributed by atoms with Crippen LogP contribution in [0.5, 0.6) is 0 Å². The number of benzene rings is 1. The van der Waals surface area contributed by atoms with E-state index in [1.165, 1.54) is 36.0 Å². The smallest absolute Gasteiger partial charge is 0.343 e. The lowest BCUT2D eigenvalue weighted by Crippen LogP contribution is -2.10. The van der Waals surface area contributed by atoms with Crippen molar-refractivity contribution in [3.05, 3.63) is 53.6 Å². The standard InChI is InChI=1S/C17H13FN6O2S/c1-2-26-15(25)12-7-19-9-20-14(12)21-16-22-17-24(23-16)13(8-27-17)10-3-5-11(18)6-4-10/h3-9H,2H2,1H3,(H,19,20,21,23). The molecule has 0 spiro atoms. The zero-order valence-corrected chi connectivity index (χ0v) is 14.9. The number of aromatic nitrogens is 5. The summed E-state index contributed by atoms with van der Waals surface area (Å²) >= 11 is 1.39. The van der Waals surface area contributed by atoms with Gasteiger partial charge in [0.15, 0.2) is 5.82 Å². The molecule has 0 aliphatic rings. The molecule has 0 atom stereocenters. The number of fused-ring (bicyclic) bond motifs is 1. The minimum atomic E-state index is -0.534. The predicted molar refractivity (Wildman–Crippen MR) is 97.5 cm³/mol. The summed E-state index contributed by atoms with van der Waals surface area (Å²) in [6, 6.07) is 6.13. The molecule has 136 valence electrons. The molecule has 0 saturated heterocycles. The Morgan fingerprint density at radius 3 is 2.93 bits per heavy atom. The number of thiazole rings is 1. The molecule has 27 heavy (non-hydrogen) atoms. The maximum atomic E-state index is 13.2. The lowest BCUT2D eigenvalue weighted by Gasteiger charge is -2.06. The lowest BCUT2D eigenvalue weighted by molar-refractivity contribution is 0.0526. The van der Waals surface area contributed by atoms with E-state index in [9.17, 15) is 9.18 Å². The van der Waals surface area contributed by atoms with E-state index in [-0.39, 0.29) is 29.8 Å². The fraction of sp³-hybridized carbons (Fsp3) is 0.118. The number of hydrogen-bond acceptors (Lipinski definition) is 8. The molecule has 0 fully saturated rings. The largest absolute Gasteiger partial charge is 0.462 e. The molecule has 3 aromatic heterocycles. The van der Waals surface area contributed by atoms with Crippen LogP contribution in [0.2, 0.25) is 0 Å². The highest BCUT2D eigenvalue weighted by Crippen LogP contribution is 2.27. The van der Waals surface area contributed by atoms with Crippen molar-refractivity contribution >= 4 is 34.0 Å². The quantitative estimate of drug-likeness (QED) is 0.528. The van der Waals surface area contributed by atoms with Crippen molar-refractivity contribution in [1.29, 1.82) is 0 Å². The first-order chi connectivity index (χ1) is 13.2. The number of rotatable bonds is 5. The monoisotopic (exact) mass is 384 g/mol. The molecule has 0 radical (unpaired) electrons. The summed E-state index contributed by atoms with van der Waals surface area (Å²) in [6.07, 6.45) is 2.68. The fourth-order valence-electron chi connectivity index (χ4n) is 2.45. The SMILES string of the molecule is CCOC(=O)c1cncnc1Nc1nc2scc(-c3ccc(F)cc3)n2n1. The molecule has 0 unspecified atom stereocenters. The average Bonchev–Trinajstić information content (AvgIpc) is 3.23. The third kappa shape index (κ3) is 3.34. The third-order valence-corrected chi connectivity index (χ3v) is 4.48. The minimum Gasteiger partial charge on any atom is -0.462 e. The number of esters is 1. The summed E-state index contributed by atoms with van der Waals surface area (Å²) in [5.74, 6) is -0.311. The fourth-order valence-corrected chi connectivity index (χ4v) is 3.28. The van der Waals surface area contributed by atoms with Gasteiger partial charge >= 0.3 is 5.97 Å². The second kappa shape index (κ2) is 7.08. The summed E-state index contributed by atoms with van der Waals surface area (Å²) in [6.45, 7) is 1.96. The van der Waals surface area contributed by atoms with Crippen LogP contribution in [0.1, 0.15) is 17.3 Å². The van der Waals surface area contributed by atoms with Gasteiger partial charge in [0.1, 0.15) is 17.7 Å². The van der Waals surface area contributed by atoms with Gasteiger partial charge in [0.05, 0.1) is 12.3 Å². The van der Waals surface area contributed by atoms with Crippen LogP contribution in [0.4, 0.5) is 16.2 Å². The first-order valence-electron chi connectivity index (χ1n) is 8.00. The van der Waals surface area contributed by atoms with Crippen molar-refractivity contribution in [3.63, 3.8) is 0 Å². The molecular weight excluding hydrogens is 371 g/mol. The van der Waals surface area contributed by atoms with Crippen LogP contribution in [0.15, 0.2) is 42.2 Å². The topological polar surface area (TPSA) is 94.3 Å². The van der Waals surface area contributed by atoms with Crippen LogP contribution >= 0.6 is 11.3 Å². The molecule has 0 amide bonds. The molecular formula is C17H13FN6O2S. The minimum absolute atomic E-state index is 0.191. The zero-order valence-electron chi connectivity index (χ0n) is 14.1. The summed E-state index contributed by atoms with van der Waals surface area (Å²) in [4.78, 5) is 25.0. The van der Waals surface area contributed by atoms with Crippen LogP contribution in [0, 0.1) is 5.82 Å². The third-order valence-electron chi connectivity index (χ3n) is 3.66. The van der Waals surface area contributed by atoms with Crippen molar-refractivity contribution in [2.45, 2.75) is 6.92 Å². The first-order valence-corrected chi connectivity index (χ1v) is 8.88. The van der Waals surface area contributed by atoms with Crippen molar-refractivity contribution in [1.82, 2.24) is 24.6 Å². The molecule has 1 aromatic carbocycles. The predicted octanol–water partition coefficient (Wildman–Crippen LogP) is 3.31. The number of halogens is 1. The molecule has 0 aliphatic heterocycles. The summed E-state index contributed by atoms with van der Waals surface area (Å²) < 4.78 is 19.8. The van der Waals surface area contributed by atoms with Crippen molar-refractivity contribution < 1.29 is 13.9 Å². The van der Waals surface area contributed by atoms with E-state index in [1.807, 2.05) is 5.38 Å². The van der Waals surface area contributed by atoms with Gasteiger partial charge in [-0.25, -0.2) is 23.7 Å². The molecule has 0 aliphatic carbocycles. The van der Waals surface area contributed by atoms with Gasteiger partial charge in [-0.15, -0.1) is 16.4 Å². The highest BCUT2D eigenvalue weighted by Gasteiger charge is 2.17. The van der Waals surface area contributed by atoms with E-state index >= 15 is 0 Å². The van der Waals surface area contributed by atoms with Gasteiger partial charge in [-0.05, 0) is 31.2 Å². The van der Waals surface area contributed by atoms with Gasteiger partial charge < -0.3 is 10.1 Å². The van der Waals surface area contributed by atoms with E-state index in [1.54, 1.807) is 23.6 Å². The summed E-state index contributed by atoms with van der Waals surface area (Å²) in [7, 11) is 0. The van der Waals surface area contributed by atoms with Crippen LogP contribution in [-0.4, -0.2) is 37.1 Å². The highest BCUT2D eigenvalue weighted by atomic mass is 32.1. The second-order valence-corrected chi connectivity index (χ2v) is 6.22. The summed E-state index contributed by atoms with van der Waals surface area (Å²) in [5, 5.41) is 9.23. The van der Waals surface area contributed by atoms with Gasteiger partial charge in [0, 0.05) is 17.1 Å². The van der Waals surface area contributed by atoms with Crippen molar-refractivity contribution in [3.8, 4) is 11.3 Å². The Kier molecular flexibility index (Phi) is 4.47. The Hall–Kier alpha value is -3.40. The van der Waals surface area contributed by atoms with Gasteiger partial charge in [-0.3, -0.25) is 0 Å². The maximum absolute atomic E-state index is 13.2. The molecule has 4 aromatic rings. The Balaban J connectivity index is 1.67. The maximum Gasteiger partial charge on any atom is 0.343 e. The lowest BCUT2D eigenvalue weighted by atomic mass is 10.2. The van der Waals surface area contributed by atoms with Crippen LogP contribution in [0.25, 0.3) is 16.2 Å². The van der Waals surface area contributed by atoms with Gasteiger partial charge in [-0.2, -0.15) is 4.98 Å². The number of ether oxygens (including phenoxy) is 1. The Morgan fingerprint density at radius 2 is 2.15 bits per heavy atom. The molecule has 4 rings (SSSR count).